The zero-order chi connectivity index (χ0) is 9.97. The molecule has 2 rings (SSSR count). The number of nitrogens with one attached hydrogen (secondary N) is 2. The number of anilines is 1. The number of fused-ring (bicyclic) bond motifs is 1. The summed E-state index contributed by atoms with van der Waals surface area (Å²) in [5.74, 6) is 0.732. The van der Waals surface area contributed by atoms with Crippen LogP contribution in [0.3, 0.4) is 0 Å². The predicted molar refractivity (Wildman–Crippen MR) is 58.2 cm³/mol. The first-order valence-electron chi connectivity index (χ1n) is 4.62. The Morgan fingerprint density at radius 3 is 3.00 bits per heavy atom. The molecular weight excluding hydrogens is 200 g/mol. The molecule has 0 saturated heterocycles. The molecule has 3 nitrogen and oxygen atoms in total. The lowest BCUT2D eigenvalue weighted by Gasteiger charge is -2.10. The minimum absolute atomic E-state index is 0.653. The van der Waals surface area contributed by atoms with Gasteiger partial charge in [0.25, 0.3) is 0 Å². The normalized spacial score (nSPS) is 15.3. The van der Waals surface area contributed by atoms with E-state index in [2.05, 4.69) is 10.6 Å². The monoisotopic (exact) mass is 212 g/mol. The molecule has 14 heavy (non-hydrogen) atoms. The lowest BCUT2D eigenvalue weighted by molar-refractivity contribution is 0.414. The van der Waals surface area contributed by atoms with Crippen molar-refractivity contribution in [2.24, 2.45) is 0 Å². The molecule has 1 aromatic rings. The fourth-order valence-corrected chi connectivity index (χ4v) is 1.81. The highest BCUT2D eigenvalue weighted by Crippen LogP contribution is 2.31. The highest BCUT2D eigenvalue weighted by Gasteiger charge is 2.10. The molecule has 0 saturated carbocycles. The Kier molecular flexibility index (Phi) is 2.79. The van der Waals surface area contributed by atoms with Crippen molar-refractivity contribution in [2.45, 2.75) is 6.54 Å². The maximum absolute atomic E-state index is 6.03. The van der Waals surface area contributed by atoms with Crippen LogP contribution in [0, 0.1) is 0 Å². The molecule has 76 valence electrons. The van der Waals surface area contributed by atoms with Crippen molar-refractivity contribution in [3.8, 4) is 5.75 Å². The van der Waals surface area contributed by atoms with Crippen LogP contribution in [0.1, 0.15) is 5.56 Å². The SMILES string of the molecule is COc1cc2c(cc1Cl)NCCNC2. The van der Waals surface area contributed by atoms with Crippen LogP contribution in [-0.2, 0) is 6.54 Å². The van der Waals surface area contributed by atoms with Crippen LogP contribution in [0.15, 0.2) is 12.1 Å². The van der Waals surface area contributed by atoms with Gasteiger partial charge >= 0.3 is 0 Å². The molecule has 0 radical (unpaired) electrons. The lowest BCUT2D eigenvalue weighted by atomic mass is 10.1. The maximum atomic E-state index is 6.03. The molecule has 4 heteroatoms. The summed E-state index contributed by atoms with van der Waals surface area (Å²) in [6.07, 6.45) is 0. The van der Waals surface area contributed by atoms with Gasteiger partial charge in [0.15, 0.2) is 0 Å². The van der Waals surface area contributed by atoms with Gasteiger partial charge in [0.1, 0.15) is 5.75 Å². The Morgan fingerprint density at radius 1 is 1.36 bits per heavy atom. The number of halogens is 1. The van der Waals surface area contributed by atoms with E-state index in [1.54, 1.807) is 7.11 Å². The summed E-state index contributed by atoms with van der Waals surface area (Å²) in [6, 6.07) is 3.89. The van der Waals surface area contributed by atoms with Crippen molar-refractivity contribution in [1.29, 1.82) is 0 Å². The third-order valence-corrected chi connectivity index (χ3v) is 2.61. The zero-order valence-corrected chi connectivity index (χ0v) is 8.82. The molecule has 0 bridgehead atoms. The molecule has 0 fully saturated rings. The second-order valence-electron chi connectivity index (χ2n) is 3.25. The fraction of sp³-hybridized carbons (Fsp3) is 0.400. The van der Waals surface area contributed by atoms with E-state index >= 15 is 0 Å². The number of hydrogen-bond donors (Lipinski definition) is 2. The van der Waals surface area contributed by atoms with Crippen molar-refractivity contribution in [2.75, 3.05) is 25.5 Å². The Labute approximate surface area is 88.4 Å². The van der Waals surface area contributed by atoms with Crippen LogP contribution in [0.5, 0.6) is 5.75 Å². The van der Waals surface area contributed by atoms with Crippen molar-refractivity contribution in [3.05, 3.63) is 22.7 Å². The standard InChI is InChI=1S/C10H13ClN2O/c1-14-10-4-7-6-12-2-3-13-9(7)5-8(10)11/h4-5,12-13H,2-3,6H2,1H3. The first-order chi connectivity index (χ1) is 6.81. The van der Waals surface area contributed by atoms with Gasteiger partial charge < -0.3 is 15.4 Å². The number of methoxy groups -OCH3 is 1. The van der Waals surface area contributed by atoms with Gasteiger partial charge in [-0.1, -0.05) is 11.6 Å². The van der Waals surface area contributed by atoms with Gasteiger partial charge in [0.2, 0.25) is 0 Å². The zero-order valence-electron chi connectivity index (χ0n) is 8.06. The van der Waals surface area contributed by atoms with Gasteiger partial charge in [0.05, 0.1) is 12.1 Å². The number of ether oxygens (including phenoxy) is 1. The van der Waals surface area contributed by atoms with E-state index < -0.39 is 0 Å². The first kappa shape index (κ1) is 9.62. The molecule has 0 amide bonds. The largest absolute Gasteiger partial charge is 0.495 e. The molecular formula is C10H13ClN2O. The minimum Gasteiger partial charge on any atom is -0.495 e. The summed E-state index contributed by atoms with van der Waals surface area (Å²) in [4.78, 5) is 0. The molecule has 0 aromatic heterocycles. The van der Waals surface area contributed by atoms with Gasteiger partial charge in [-0.15, -0.1) is 0 Å². The van der Waals surface area contributed by atoms with Crippen LogP contribution < -0.4 is 15.4 Å². The van der Waals surface area contributed by atoms with Crippen LogP contribution in [0.25, 0.3) is 0 Å². The van der Waals surface area contributed by atoms with E-state index in [-0.39, 0.29) is 0 Å². The second kappa shape index (κ2) is 4.07. The van der Waals surface area contributed by atoms with E-state index in [9.17, 15) is 0 Å². The molecule has 0 aliphatic carbocycles. The van der Waals surface area contributed by atoms with Crippen molar-refractivity contribution in [1.82, 2.24) is 5.32 Å². The van der Waals surface area contributed by atoms with Crippen LogP contribution in [0.4, 0.5) is 5.69 Å². The highest BCUT2D eigenvalue weighted by atomic mass is 35.5. The summed E-state index contributed by atoms with van der Waals surface area (Å²) < 4.78 is 5.16. The van der Waals surface area contributed by atoms with Crippen LogP contribution in [-0.4, -0.2) is 20.2 Å². The van der Waals surface area contributed by atoms with E-state index in [1.807, 2.05) is 12.1 Å². The summed E-state index contributed by atoms with van der Waals surface area (Å²) in [5.41, 5.74) is 2.30. The van der Waals surface area contributed by atoms with Crippen molar-refractivity contribution >= 4 is 17.3 Å². The predicted octanol–water partition coefficient (Wildman–Crippen LogP) is 1.86. The van der Waals surface area contributed by atoms with Gasteiger partial charge in [-0.2, -0.15) is 0 Å². The third kappa shape index (κ3) is 1.79. The smallest absolute Gasteiger partial charge is 0.137 e. The quantitative estimate of drug-likeness (QED) is 0.746. The highest BCUT2D eigenvalue weighted by molar-refractivity contribution is 6.32. The molecule has 1 aromatic carbocycles. The van der Waals surface area contributed by atoms with Gasteiger partial charge in [-0.3, -0.25) is 0 Å². The van der Waals surface area contributed by atoms with Crippen molar-refractivity contribution in [3.63, 3.8) is 0 Å². The van der Waals surface area contributed by atoms with Crippen molar-refractivity contribution < 1.29 is 4.74 Å². The lowest BCUT2D eigenvalue weighted by Crippen LogP contribution is -2.16. The summed E-state index contributed by atoms with van der Waals surface area (Å²) in [5, 5.41) is 7.28. The third-order valence-electron chi connectivity index (χ3n) is 2.31. The van der Waals surface area contributed by atoms with Crippen LogP contribution >= 0.6 is 11.6 Å². The van der Waals surface area contributed by atoms with E-state index in [0.717, 1.165) is 31.1 Å². The Hall–Kier alpha value is -0.930. The molecule has 0 spiro atoms. The van der Waals surface area contributed by atoms with Gasteiger partial charge in [0, 0.05) is 25.3 Å². The van der Waals surface area contributed by atoms with Crippen LogP contribution in [0.2, 0.25) is 5.02 Å². The minimum atomic E-state index is 0.653. The average Bonchev–Trinajstić information content (AvgIpc) is 2.41. The van der Waals surface area contributed by atoms with E-state index in [1.165, 1.54) is 5.56 Å². The second-order valence-corrected chi connectivity index (χ2v) is 3.65. The number of rotatable bonds is 1. The number of hydrogen-bond acceptors (Lipinski definition) is 3. The topological polar surface area (TPSA) is 33.3 Å². The molecule has 1 aliphatic heterocycles. The van der Waals surface area contributed by atoms with E-state index in [0.29, 0.717) is 5.02 Å². The Bertz CT molecular complexity index is 341. The molecule has 1 aliphatic rings. The number of benzene rings is 1. The fourth-order valence-electron chi connectivity index (χ4n) is 1.57. The Balaban J connectivity index is 2.41. The Morgan fingerprint density at radius 2 is 2.21 bits per heavy atom. The maximum Gasteiger partial charge on any atom is 0.137 e. The first-order valence-corrected chi connectivity index (χ1v) is 5.00. The molecule has 0 atom stereocenters. The van der Waals surface area contributed by atoms with Gasteiger partial charge in [-0.05, 0) is 17.7 Å². The summed E-state index contributed by atoms with van der Waals surface area (Å²) in [7, 11) is 1.63. The molecule has 1 heterocycles. The summed E-state index contributed by atoms with van der Waals surface area (Å²) >= 11 is 6.03. The van der Waals surface area contributed by atoms with Gasteiger partial charge in [-0.25, -0.2) is 0 Å². The summed E-state index contributed by atoms with van der Waals surface area (Å²) in [6.45, 7) is 2.75. The molecule has 2 N–H and O–H groups in total. The average molecular weight is 213 g/mol. The van der Waals surface area contributed by atoms with E-state index in [4.69, 9.17) is 16.3 Å². The molecule has 0 unspecified atom stereocenters.